The molecule has 7 rings (SSSR count). The molecule has 3 amide bonds. The van der Waals surface area contributed by atoms with Gasteiger partial charge in [-0.3, -0.25) is 9.59 Å². The molecule has 3 aliphatic heterocycles. The van der Waals surface area contributed by atoms with Gasteiger partial charge in [0.05, 0.1) is 19.8 Å². The van der Waals surface area contributed by atoms with E-state index in [1.54, 1.807) is 4.90 Å². The number of ether oxygens (including phenoxy) is 3. The van der Waals surface area contributed by atoms with Gasteiger partial charge in [0.1, 0.15) is 13.1 Å². The van der Waals surface area contributed by atoms with Crippen LogP contribution in [-0.2, 0) is 37.3 Å². The third-order valence-electron chi connectivity index (χ3n) is 13.3. The highest BCUT2D eigenvalue weighted by atomic mass is 16.7. The lowest BCUT2D eigenvalue weighted by atomic mass is 9.65. The van der Waals surface area contributed by atoms with Gasteiger partial charge in [-0.2, -0.15) is 0 Å². The average Bonchev–Trinajstić information content (AvgIpc) is 3.22. The fourth-order valence-electron chi connectivity index (χ4n) is 10.5. The van der Waals surface area contributed by atoms with Crippen molar-refractivity contribution in [2.45, 2.75) is 129 Å². The molecule has 0 fully saturated rings. The third-order valence-corrected chi connectivity index (χ3v) is 13.3. The maximum atomic E-state index is 14.6. The minimum absolute atomic E-state index is 0.00344. The second-order valence-corrected chi connectivity index (χ2v) is 19.5. The zero-order chi connectivity index (χ0) is 44.4. The Morgan fingerprint density at radius 1 is 0.935 bits per heavy atom. The van der Waals surface area contributed by atoms with E-state index in [-0.39, 0.29) is 29.4 Å². The Labute approximate surface area is 368 Å². The van der Waals surface area contributed by atoms with Gasteiger partial charge in [-0.05, 0) is 129 Å². The Morgan fingerprint density at radius 2 is 1.66 bits per heavy atom. The predicted molar refractivity (Wildman–Crippen MR) is 245 cm³/mol. The van der Waals surface area contributed by atoms with Crippen LogP contribution in [0.25, 0.3) is 5.57 Å². The van der Waals surface area contributed by atoms with Crippen LogP contribution < -0.4 is 31.1 Å². The van der Waals surface area contributed by atoms with Gasteiger partial charge in [-0.1, -0.05) is 39.0 Å². The van der Waals surface area contributed by atoms with Crippen molar-refractivity contribution in [1.82, 2.24) is 20.1 Å². The molecule has 62 heavy (non-hydrogen) atoms. The minimum atomic E-state index is -0.796. The van der Waals surface area contributed by atoms with E-state index in [0.29, 0.717) is 63.5 Å². The topological polar surface area (TPSA) is 121 Å². The Balaban J connectivity index is 1.08. The van der Waals surface area contributed by atoms with Crippen molar-refractivity contribution in [3.05, 3.63) is 97.5 Å². The summed E-state index contributed by atoms with van der Waals surface area (Å²) in [6.07, 6.45) is 7.10. The van der Waals surface area contributed by atoms with E-state index in [1.165, 1.54) is 62.3 Å². The van der Waals surface area contributed by atoms with E-state index in [4.69, 9.17) is 14.2 Å². The zero-order valence-corrected chi connectivity index (χ0v) is 38.8. The van der Waals surface area contributed by atoms with Crippen LogP contribution in [0.1, 0.15) is 149 Å². The number of benzene rings is 3. The first kappa shape index (κ1) is 45.3. The smallest absolute Gasteiger partial charge is 0.406 e. The normalized spacial score (nSPS) is 18.0. The molecule has 0 aromatic heterocycles. The summed E-state index contributed by atoms with van der Waals surface area (Å²) in [5, 5.41) is 12.1. The maximum absolute atomic E-state index is 14.6. The number of carbonyl (C=O) groups excluding carboxylic acids is 3. The molecule has 3 N–H and O–H groups in total. The van der Waals surface area contributed by atoms with Crippen LogP contribution in [0.15, 0.2) is 42.5 Å². The van der Waals surface area contributed by atoms with Gasteiger partial charge in [0.25, 0.3) is 5.91 Å². The lowest BCUT2D eigenvalue weighted by molar-refractivity contribution is -0.214. The molecule has 1 unspecified atom stereocenters. The van der Waals surface area contributed by atoms with E-state index in [9.17, 15) is 14.4 Å². The largest absolute Gasteiger partial charge is 0.449 e. The first-order valence-corrected chi connectivity index (χ1v) is 23.0. The lowest BCUT2D eigenvalue weighted by Gasteiger charge is -2.42. The second kappa shape index (κ2) is 18.5. The number of amides is 3. The van der Waals surface area contributed by atoms with E-state index in [0.717, 1.165) is 50.8 Å². The molecule has 3 aromatic rings. The minimum Gasteiger partial charge on any atom is -0.449 e. The van der Waals surface area contributed by atoms with Crippen molar-refractivity contribution < 1.29 is 28.6 Å². The van der Waals surface area contributed by atoms with Crippen molar-refractivity contribution in [3.8, 4) is 0 Å². The van der Waals surface area contributed by atoms with Gasteiger partial charge in [-0.15, -0.1) is 0 Å². The summed E-state index contributed by atoms with van der Waals surface area (Å²) >= 11 is 0. The first-order valence-electron chi connectivity index (χ1n) is 23.0. The molecule has 3 heterocycles. The highest BCUT2D eigenvalue weighted by Crippen LogP contribution is 2.48. The highest BCUT2D eigenvalue weighted by Gasteiger charge is 2.41. The van der Waals surface area contributed by atoms with E-state index >= 15 is 0 Å². The Morgan fingerprint density at radius 3 is 2.42 bits per heavy atom. The Hall–Kier alpha value is -4.74. The van der Waals surface area contributed by atoms with Crippen LogP contribution in [0.3, 0.4) is 0 Å². The maximum Gasteiger partial charge on any atom is 0.406 e. The summed E-state index contributed by atoms with van der Waals surface area (Å²) in [4.78, 5) is 40.4. The number of alkyl carbamates (subject to hydrolysis) is 1. The molecule has 4 aliphatic rings. The molecule has 3 aromatic carbocycles. The number of anilines is 1. The third kappa shape index (κ3) is 9.59. The molecule has 1 atom stereocenters. The van der Waals surface area contributed by atoms with Crippen molar-refractivity contribution in [3.63, 3.8) is 0 Å². The number of carbonyl (C=O) groups is 3. The molecular weight excluding hydrogens is 779 g/mol. The summed E-state index contributed by atoms with van der Waals surface area (Å²) < 4.78 is 19.3. The average molecular weight is 849 g/mol. The molecule has 0 spiro atoms. The summed E-state index contributed by atoms with van der Waals surface area (Å²) in [6.45, 7) is 19.7. The second-order valence-electron chi connectivity index (χ2n) is 19.5. The van der Waals surface area contributed by atoms with E-state index in [2.05, 4.69) is 85.5 Å². The molecule has 0 bridgehead atoms. The molecule has 334 valence electrons. The number of hydrogen-bond donors (Lipinski definition) is 3. The number of fused-ring (bicyclic) bond motifs is 4. The molecule has 11 heteroatoms. The number of nitrogens with one attached hydrogen (secondary N) is 3. The van der Waals surface area contributed by atoms with Crippen LogP contribution in [0.4, 0.5) is 10.5 Å². The van der Waals surface area contributed by atoms with Gasteiger partial charge >= 0.3 is 6.09 Å². The fraction of sp³-hybridized carbons (Fsp3) is 0.569. The van der Waals surface area contributed by atoms with Crippen molar-refractivity contribution >= 4 is 29.2 Å². The van der Waals surface area contributed by atoms with Crippen LogP contribution >= 0.6 is 0 Å². The molecule has 0 radical (unpaired) electrons. The van der Waals surface area contributed by atoms with E-state index in [1.807, 2.05) is 33.0 Å². The quantitative estimate of drug-likeness (QED) is 0.0853. The molecule has 1 aliphatic carbocycles. The standard InChI is InChI=1S/C51H69N5O6/c1-33-32-49(2,3)54-42-31-41-39(30-38(33)42)44(40-29-34-17-12-24-56-25-13-20-37(46(34)56)45(40)50(41,4)5)35-18-10-11-19-36(35)47(58)55(9)23-14-21-43(57)53-22-15-27-61-51(6,7)62-28-16-26-60-48(59)52-8/h10-11,18-19,29-31,33H,12-17,20-28,32H2,1-9H3,(H2,52,53,57,59)/p+1. The molecular formula is C51H70N5O6+. The summed E-state index contributed by atoms with van der Waals surface area (Å²) in [5.74, 6) is -0.498. The van der Waals surface area contributed by atoms with Gasteiger partial charge in [-0.25, -0.2) is 9.37 Å². The van der Waals surface area contributed by atoms with Gasteiger partial charge in [0, 0.05) is 86.2 Å². The van der Waals surface area contributed by atoms with Crippen molar-refractivity contribution in [2.75, 3.05) is 65.4 Å². The number of aryl methyl sites for hydroxylation is 1. The Bertz CT molecular complexity index is 2330. The predicted octanol–water partition coefficient (Wildman–Crippen LogP) is 6.53. The van der Waals surface area contributed by atoms with Crippen LogP contribution in [0.5, 0.6) is 0 Å². The van der Waals surface area contributed by atoms with Gasteiger partial charge < -0.3 is 35.1 Å². The summed E-state index contributed by atoms with van der Waals surface area (Å²) in [6, 6.07) is 15.6. The van der Waals surface area contributed by atoms with Crippen LogP contribution in [-0.4, -0.2) is 94.2 Å². The lowest BCUT2D eigenvalue weighted by Crippen LogP contribution is -2.49. The molecule has 0 saturated heterocycles. The molecule has 0 saturated carbocycles. The van der Waals surface area contributed by atoms with Crippen LogP contribution in [0, 0.1) is 0 Å². The number of rotatable bonds is 16. The first-order chi connectivity index (χ1) is 29.5. The number of hydrogen-bond acceptors (Lipinski definition) is 7. The highest BCUT2D eigenvalue weighted by molar-refractivity contribution is 6.02. The number of nitrogens with zero attached hydrogens (tertiary/aromatic N) is 2. The zero-order valence-electron chi connectivity index (χ0n) is 38.8. The van der Waals surface area contributed by atoms with Crippen LogP contribution in [0.2, 0.25) is 0 Å². The monoisotopic (exact) mass is 849 g/mol. The SMILES string of the molecule is CNC(=O)OCCCOC(C)(C)OCCCNC(=O)CCCN(C)C(=O)c1ccccc1C1=c2cc3c4c(c2C(C)(C)c2cc5c(cc21)C(C)CC(C)(C)N5)CCC[N+]=4CCC3. The molecule has 11 nitrogen and oxygen atoms in total. The summed E-state index contributed by atoms with van der Waals surface area (Å²) in [7, 11) is 3.37. The van der Waals surface area contributed by atoms with Gasteiger partial charge in [0.15, 0.2) is 5.79 Å². The van der Waals surface area contributed by atoms with E-state index < -0.39 is 11.9 Å². The Kier molecular flexibility index (Phi) is 13.5. The fourth-order valence-corrected chi connectivity index (χ4v) is 10.5. The van der Waals surface area contributed by atoms with Crippen molar-refractivity contribution in [2.24, 2.45) is 0 Å². The van der Waals surface area contributed by atoms with Gasteiger partial charge in [0.2, 0.25) is 11.3 Å². The summed E-state index contributed by atoms with van der Waals surface area (Å²) in [5.41, 5.74) is 12.0. The van der Waals surface area contributed by atoms with Crippen molar-refractivity contribution in [1.29, 1.82) is 0 Å².